The molecule has 4 rings (SSSR count). The zero-order valence-electron chi connectivity index (χ0n) is 15.8. The Morgan fingerprint density at radius 3 is 2.76 bits per heavy atom. The molecule has 2 N–H and O–H groups in total. The van der Waals surface area contributed by atoms with Gasteiger partial charge in [0.05, 0.1) is 24.2 Å². The second-order valence-corrected chi connectivity index (χ2v) is 7.03. The first-order valence-corrected chi connectivity index (χ1v) is 9.75. The molecule has 0 radical (unpaired) electrons. The van der Waals surface area contributed by atoms with E-state index in [1.54, 1.807) is 18.5 Å². The van der Waals surface area contributed by atoms with Crippen molar-refractivity contribution in [3.05, 3.63) is 65.2 Å². The average Bonchev–Trinajstić information content (AvgIpc) is 2.77. The maximum Gasteiger partial charge on any atom is 0.129 e. The summed E-state index contributed by atoms with van der Waals surface area (Å²) in [5.74, 6) is 0.973. The van der Waals surface area contributed by atoms with Gasteiger partial charge < -0.3 is 20.4 Å². The van der Waals surface area contributed by atoms with Gasteiger partial charge in [0.25, 0.3) is 0 Å². The van der Waals surface area contributed by atoms with E-state index in [0.29, 0.717) is 22.8 Å². The summed E-state index contributed by atoms with van der Waals surface area (Å²) in [6, 6.07) is 9.52. The molecule has 3 aromatic rings. The normalized spacial score (nSPS) is 14.8. The summed E-state index contributed by atoms with van der Waals surface area (Å²) in [6.45, 7) is 3.84. The molecule has 148 valence electrons. The van der Waals surface area contributed by atoms with Crippen LogP contribution in [0.25, 0.3) is 16.6 Å². The lowest BCUT2D eigenvalue weighted by molar-refractivity contribution is 0.122. The number of anilines is 1. The minimum Gasteiger partial charge on any atom is -0.386 e. The second-order valence-electron chi connectivity index (χ2n) is 6.65. The number of ether oxygens (including phenoxy) is 1. The maximum absolute atomic E-state index is 7.74. The molecule has 7 nitrogen and oxygen atoms in total. The SMILES string of the molecule is N=C/C(=C\NCc1ccc(N2CCOCC2)nc1)c1cnc2ccc(Cl)nc2c1. The Balaban J connectivity index is 1.42. The van der Waals surface area contributed by atoms with Crippen LogP contribution in [0.5, 0.6) is 0 Å². The Labute approximate surface area is 173 Å². The summed E-state index contributed by atoms with van der Waals surface area (Å²) in [7, 11) is 0. The minimum atomic E-state index is 0.419. The highest BCUT2D eigenvalue weighted by molar-refractivity contribution is 6.29. The van der Waals surface area contributed by atoms with Crippen molar-refractivity contribution in [3.63, 3.8) is 0 Å². The molecule has 4 heterocycles. The first-order chi connectivity index (χ1) is 14.2. The van der Waals surface area contributed by atoms with Crippen molar-refractivity contribution in [1.29, 1.82) is 5.41 Å². The molecule has 0 amide bonds. The van der Waals surface area contributed by atoms with Crippen LogP contribution in [0.15, 0.2) is 48.9 Å². The lowest BCUT2D eigenvalue weighted by Gasteiger charge is -2.27. The van der Waals surface area contributed by atoms with Crippen LogP contribution in [0.1, 0.15) is 11.1 Å². The van der Waals surface area contributed by atoms with E-state index in [2.05, 4.69) is 31.2 Å². The standard InChI is InChI=1S/C21H21ClN6O/c22-20-3-2-18-19(27-20)9-16(14-25-18)17(10-23)13-24-11-15-1-4-21(26-12-15)28-5-7-29-8-6-28/h1-4,9-10,12-14,23-24H,5-8,11H2/b17-13+,23-10?. The van der Waals surface area contributed by atoms with Gasteiger partial charge in [-0.15, -0.1) is 0 Å². The number of pyridine rings is 3. The fraction of sp³-hybridized carbons (Fsp3) is 0.238. The van der Waals surface area contributed by atoms with E-state index in [-0.39, 0.29) is 0 Å². The molecular formula is C21H21ClN6O. The smallest absolute Gasteiger partial charge is 0.129 e. The Bertz CT molecular complexity index is 1030. The summed E-state index contributed by atoms with van der Waals surface area (Å²) in [5, 5.41) is 11.4. The van der Waals surface area contributed by atoms with E-state index in [0.717, 1.165) is 48.8 Å². The van der Waals surface area contributed by atoms with Crippen LogP contribution >= 0.6 is 11.6 Å². The Morgan fingerprint density at radius 2 is 2.00 bits per heavy atom. The van der Waals surface area contributed by atoms with Crippen molar-refractivity contribution in [2.24, 2.45) is 0 Å². The van der Waals surface area contributed by atoms with Crippen LogP contribution in [-0.4, -0.2) is 47.5 Å². The van der Waals surface area contributed by atoms with Crippen LogP contribution in [-0.2, 0) is 11.3 Å². The number of morpholine rings is 1. The molecule has 0 aliphatic carbocycles. The third-order valence-corrected chi connectivity index (χ3v) is 4.91. The van der Waals surface area contributed by atoms with Gasteiger partial charge in [0.15, 0.2) is 0 Å². The summed E-state index contributed by atoms with van der Waals surface area (Å²) in [4.78, 5) is 15.5. The number of hydrogen-bond acceptors (Lipinski definition) is 7. The molecule has 1 saturated heterocycles. The molecular weight excluding hydrogens is 388 g/mol. The van der Waals surface area contributed by atoms with E-state index >= 15 is 0 Å². The third kappa shape index (κ3) is 4.70. The molecule has 1 fully saturated rings. The van der Waals surface area contributed by atoms with Crippen LogP contribution in [0.4, 0.5) is 5.82 Å². The Morgan fingerprint density at radius 1 is 1.14 bits per heavy atom. The number of hydrogen-bond donors (Lipinski definition) is 2. The zero-order chi connectivity index (χ0) is 20.1. The number of rotatable bonds is 6. The lowest BCUT2D eigenvalue weighted by atomic mass is 10.1. The van der Waals surface area contributed by atoms with Gasteiger partial charge in [-0.25, -0.2) is 9.97 Å². The largest absolute Gasteiger partial charge is 0.386 e. The van der Waals surface area contributed by atoms with E-state index < -0.39 is 0 Å². The fourth-order valence-electron chi connectivity index (χ4n) is 3.13. The molecule has 8 heteroatoms. The van der Waals surface area contributed by atoms with Gasteiger partial charge in [-0.3, -0.25) is 4.98 Å². The van der Waals surface area contributed by atoms with Crippen molar-refractivity contribution in [3.8, 4) is 0 Å². The van der Waals surface area contributed by atoms with Gasteiger partial charge in [-0.05, 0) is 29.8 Å². The van der Waals surface area contributed by atoms with Gasteiger partial charge >= 0.3 is 0 Å². The Kier molecular flexibility index (Phi) is 5.97. The topological polar surface area (TPSA) is 87.0 Å². The van der Waals surface area contributed by atoms with Crippen molar-refractivity contribution < 1.29 is 4.74 Å². The Hall–Kier alpha value is -3.03. The van der Waals surface area contributed by atoms with E-state index in [1.807, 2.05) is 24.4 Å². The quantitative estimate of drug-likeness (QED) is 0.480. The second kappa shape index (κ2) is 8.98. The highest BCUT2D eigenvalue weighted by Gasteiger charge is 2.11. The fourth-order valence-corrected chi connectivity index (χ4v) is 3.28. The lowest BCUT2D eigenvalue weighted by Crippen LogP contribution is -2.36. The maximum atomic E-state index is 7.74. The van der Waals surface area contributed by atoms with Gasteiger partial charge in [-0.1, -0.05) is 17.7 Å². The minimum absolute atomic E-state index is 0.419. The van der Waals surface area contributed by atoms with Gasteiger partial charge in [-0.2, -0.15) is 0 Å². The first-order valence-electron chi connectivity index (χ1n) is 9.37. The highest BCUT2D eigenvalue weighted by Crippen LogP contribution is 2.18. The molecule has 29 heavy (non-hydrogen) atoms. The third-order valence-electron chi connectivity index (χ3n) is 4.70. The molecule has 0 saturated carbocycles. The summed E-state index contributed by atoms with van der Waals surface area (Å²) in [5.41, 5.74) is 4.04. The molecule has 0 spiro atoms. The zero-order valence-corrected chi connectivity index (χ0v) is 16.6. The van der Waals surface area contributed by atoms with Gasteiger partial charge in [0.2, 0.25) is 0 Å². The molecule has 1 aliphatic heterocycles. The molecule has 0 aromatic carbocycles. The molecule has 0 unspecified atom stereocenters. The number of aromatic nitrogens is 3. The monoisotopic (exact) mass is 408 g/mol. The number of fused-ring (bicyclic) bond motifs is 1. The average molecular weight is 409 g/mol. The molecule has 0 atom stereocenters. The van der Waals surface area contributed by atoms with E-state index in [9.17, 15) is 0 Å². The van der Waals surface area contributed by atoms with Crippen molar-refractivity contribution in [2.45, 2.75) is 6.54 Å². The molecule has 3 aromatic heterocycles. The van der Waals surface area contributed by atoms with Crippen molar-refractivity contribution in [1.82, 2.24) is 20.3 Å². The molecule has 0 bridgehead atoms. The summed E-state index contributed by atoms with van der Waals surface area (Å²) < 4.78 is 5.38. The molecule has 1 aliphatic rings. The highest BCUT2D eigenvalue weighted by atomic mass is 35.5. The number of nitrogens with zero attached hydrogens (tertiary/aromatic N) is 4. The van der Waals surface area contributed by atoms with Crippen LogP contribution in [0.2, 0.25) is 5.15 Å². The van der Waals surface area contributed by atoms with Gasteiger partial charge in [0.1, 0.15) is 11.0 Å². The van der Waals surface area contributed by atoms with Crippen LogP contribution in [0, 0.1) is 5.41 Å². The van der Waals surface area contributed by atoms with E-state index in [1.165, 1.54) is 6.21 Å². The van der Waals surface area contributed by atoms with Crippen molar-refractivity contribution >= 4 is 40.2 Å². The number of halogens is 1. The summed E-state index contributed by atoms with van der Waals surface area (Å²) in [6.07, 6.45) is 6.70. The van der Waals surface area contributed by atoms with E-state index in [4.69, 9.17) is 21.7 Å². The van der Waals surface area contributed by atoms with Crippen molar-refractivity contribution in [2.75, 3.05) is 31.2 Å². The van der Waals surface area contributed by atoms with Crippen LogP contribution < -0.4 is 10.2 Å². The number of allylic oxidation sites excluding steroid dienone is 1. The predicted octanol–water partition coefficient (Wildman–Crippen LogP) is 3.30. The summed E-state index contributed by atoms with van der Waals surface area (Å²) >= 11 is 5.97. The first kappa shape index (κ1) is 19.3. The van der Waals surface area contributed by atoms with Crippen LogP contribution in [0.3, 0.4) is 0 Å². The predicted molar refractivity (Wildman–Crippen MR) is 115 cm³/mol. The van der Waals surface area contributed by atoms with Gasteiger partial charge in [0, 0.05) is 55.6 Å². The number of nitrogens with one attached hydrogen (secondary N) is 2.